The number of rotatable bonds is 6. The van der Waals surface area contributed by atoms with Crippen LogP contribution >= 0.6 is 11.8 Å². The molecule has 0 aromatic heterocycles. The van der Waals surface area contributed by atoms with Crippen LogP contribution in [-0.4, -0.2) is 33.7 Å². The van der Waals surface area contributed by atoms with Gasteiger partial charge in [0.15, 0.2) is 5.17 Å². The van der Waals surface area contributed by atoms with Crippen molar-refractivity contribution < 1.29 is 9.59 Å². The molecule has 0 bridgehead atoms. The van der Waals surface area contributed by atoms with Crippen LogP contribution in [0.4, 0.5) is 11.4 Å². The van der Waals surface area contributed by atoms with Crippen LogP contribution in [0.15, 0.2) is 59.6 Å². The van der Waals surface area contributed by atoms with Gasteiger partial charge in [-0.25, -0.2) is 4.99 Å². The van der Waals surface area contributed by atoms with Gasteiger partial charge in [-0.3, -0.25) is 14.5 Å². The molecule has 146 valence electrons. The number of carbonyl (C=O) groups excluding carboxylic acids is 2. The third-order valence-corrected chi connectivity index (χ3v) is 5.40. The first kappa shape index (κ1) is 20.1. The second-order valence-corrected chi connectivity index (χ2v) is 8.47. The second-order valence-electron chi connectivity index (χ2n) is 7.30. The molecule has 2 aromatic rings. The molecule has 0 unspecified atom stereocenters. The molecule has 6 heteroatoms. The highest BCUT2D eigenvalue weighted by atomic mass is 32.2. The van der Waals surface area contributed by atoms with Gasteiger partial charge in [0.25, 0.3) is 0 Å². The summed E-state index contributed by atoms with van der Waals surface area (Å²) in [6.45, 7) is 6.70. The lowest BCUT2D eigenvalue weighted by Crippen LogP contribution is -2.36. The molecule has 1 fully saturated rings. The average Bonchev–Trinajstić information content (AvgIpc) is 2.91. The Morgan fingerprint density at radius 2 is 1.93 bits per heavy atom. The molecule has 3 rings (SSSR count). The van der Waals surface area contributed by atoms with E-state index in [0.717, 1.165) is 16.9 Å². The summed E-state index contributed by atoms with van der Waals surface area (Å²) >= 11 is 1.37. The smallest absolute Gasteiger partial charge is 0.242 e. The molecule has 1 aliphatic heterocycles. The van der Waals surface area contributed by atoms with Crippen molar-refractivity contribution >= 4 is 40.1 Å². The van der Waals surface area contributed by atoms with E-state index in [1.165, 1.54) is 11.8 Å². The lowest BCUT2D eigenvalue weighted by atomic mass is 10.2. The molecule has 0 saturated carbocycles. The van der Waals surface area contributed by atoms with Gasteiger partial charge in [0.05, 0.1) is 5.69 Å². The summed E-state index contributed by atoms with van der Waals surface area (Å²) in [6.07, 6.45) is 0.125. The minimum atomic E-state index is -0.453. The Balaban J connectivity index is 1.73. The fourth-order valence-corrected chi connectivity index (χ4v) is 4.14. The standard InChI is InChI=1S/C22H25N3O2S/c1-15(2)14-25-21(27)19(28-22(25)24-17-9-5-4-6-10-17)13-20(26)23-18-11-7-8-16(3)12-18/h4-12,15,19H,13-14H2,1-3H3,(H,23,26)/t19-/m0/s1. The molecule has 1 saturated heterocycles. The topological polar surface area (TPSA) is 61.8 Å². The first-order valence-electron chi connectivity index (χ1n) is 9.40. The van der Waals surface area contributed by atoms with E-state index in [9.17, 15) is 9.59 Å². The van der Waals surface area contributed by atoms with Crippen molar-refractivity contribution in [2.24, 2.45) is 10.9 Å². The molecular formula is C22H25N3O2S. The van der Waals surface area contributed by atoms with E-state index in [-0.39, 0.29) is 18.2 Å². The summed E-state index contributed by atoms with van der Waals surface area (Å²) in [4.78, 5) is 31.8. The Hall–Kier alpha value is -2.60. The van der Waals surface area contributed by atoms with Crippen LogP contribution in [-0.2, 0) is 9.59 Å². The van der Waals surface area contributed by atoms with E-state index in [1.54, 1.807) is 4.90 Å². The van der Waals surface area contributed by atoms with Gasteiger partial charge in [0.1, 0.15) is 5.25 Å². The quantitative estimate of drug-likeness (QED) is 0.777. The molecule has 2 amide bonds. The third-order valence-electron chi connectivity index (χ3n) is 4.22. The lowest BCUT2D eigenvalue weighted by Gasteiger charge is -2.18. The fourth-order valence-electron chi connectivity index (χ4n) is 2.97. The zero-order valence-corrected chi connectivity index (χ0v) is 17.2. The molecular weight excluding hydrogens is 370 g/mol. The van der Waals surface area contributed by atoms with Crippen molar-refractivity contribution in [2.75, 3.05) is 11.9 Å². The minimum absolute atomic E-state index is 0.0484. The molecule has 1 heterocycles. The van der Waals surface area contributed by atoms with E-state index in [4.69, 9.17) is 0 Å². The largest absolute Gasteiger partial charge is 0.326 e. The number of aryl methyl sites for hydroxylation is 1. The summed E-state index contributed by atoms with van der Waals surface area (Å²) in [5, 5.41) is 3.10. The van der Waals surface area contributed by atoms with Gasteiger partial charge >= 0.3 is 0 Å². The number of nitrogens with one attached hydrogen (secondary N) is 1. The third kappa shape index (κ3) is 5.23. The zero-order valence-electron chi connectivity index (χ0n) is 16.4. The van der Waals surface area contributed by atoms with Crippen LogP contribution in [0.3, 0.4) is 0 Å². The lowest BCUT2D eigenvalue weighted by molar-refractivity contribution is -0.128. The van der Waals surface area contributed by atoms with Crippen molar-refractivity contribution in [1.29, 1.82) is 0 Å². The molecule has 1 N–H and O–H groups in total. The van der Waals surface area contributed by atoms with E-state index in [2.05, 4.69) is 24.2 Å². The number of anilines is 1. The maximum Gasteiger partial charge on any atom is 0.242 e. The number of thioether (sulfide) groups is 1. The van der Waals surface area contributed by atoms with Gasteiger partial charge in [0.2, 0.25) is 11.8 Å². The highest BCUT2D eigenvalue weighted by Crippen LogP contribution is 2.32. The van der Waals surface area contributed by atoms with Gasteiger partial charge < -0.3 is 5.32 Å². The highest BCUT2D eigenvalue weighted by Gasteiger charge is 2.39. The Morgan fingerprint density at radius 3 is 2.61 bits per heavy atom. The first-order chi connectivity index (χ1) is 13.4. The van der Waals surface area contributed by atoms with Crippen molar-refractivity contribution in [1.82, 2.24) is 4.90 Å². The van der Waals surface area contributed by atoms with Crippen LogP contribution in [0.5, 0.6) is 0 Å². The molecule has 0 aliphatic carbocycles. The minimum Gasteiger partial charge on any atom is -0.326 e. The van der Waals surface area contributed by atoms with Crippen LogP contribution in [0.2, 0.25) is 0 Å². The van der Waals surface area contributed by atoms with E-state index in [1.807, 2.05) is 61.5 Å². The number of hydrogen-bond acceptors (Lipinski definition) is 4. The first-order valence-corrected chi connectivity index (χ1v) is 10.3. The van der Waals surface area contributed by atoms with Gasteiger partial charge in [-0.05, 0) is 42.7 Å². The monoisotopic (exact) mass is 395 g/mol. The van der Waals surface area contributed by atoms with Gasteiger partial charge in [-0.2, -0.15) is 0 Å². The number of nitrogens with zero attached hydrogens (tertiary/aromatic N) is 2. The van der Waals surface area contributed by atoms with Gasteiger partial charge in [-0.1, -0.05) is 55.9 Å². The predicted octanol–water partition coefficient (Wildman–Crippen LogP) is 4.61. The Kier molecular flexibility index (Phi) is 6.52. The average molecular weight is 396 g/mol. The normalized spacial score (nSPS) is 18.1. The van der Waals surface area contributed by atoms with Crippen LogP contribution in [0.25, 0.3) is 0 Å². The van der Waals surface area contributed by atoms with E-state index >= 15 is 0 Å². The zero-order chi connectivity index (χ0) is 20.1. The summed E-state index contributed by atoms with van der Waals surface area (Å²) in [7, 11) is 0. The van der Waals surface area contributed by atoms with Gasteiger partial charge in [-0.15, -0.1) is 0 Å². The fraction of sp³-hybridized carbons (Fsp3) is 0.318. The number of aliphatic imine (C=N–C) groups is 1. The van der Waals surface area contributed by atoms with Crippen molar-refractivity contribution in [2.45, 2.75) is 32.4 Å². The molecule has 2 aromatic carbocycles. The van der Waals surface area contributed by atoms with E-state index < -0.39 is 5.25 Å². The maximum absolute atomic E-state index is 12.9. The molecule has 28 heavy (non-hydrogen) atoms. The highest BCUT2D eigenvalue weighted by molar-refractivity contribution is 8.15. The summed E-state index contributed by atoms with van der Waals surface area (Å²) in [5.41, 5.74) is 2.62. The number of benzene rings is 2. The van der Waals surface area contributed by atoms with Crippen molar-refractivity contribution in [3.63, 3.8) is 0 Å². The Morgan fingerprint density at radius 1 is 1.18 bits per heavy atom. The molecule has 5 nitrogen and oxygen atoms in total. The maximum atomic E-state index is 12.9. The SMILES string of the molecule is Cc1cccc(NC(=O)C[C@@H]2SC(=Nc3ccccc3)N(CC(C)C)C2=O)c1. The number of para-hydroxylation sites is 1. The summed E-state index contributed by atoms with van der Waals surface area (Å²) < 4.78 is 0. The molecule has 1 atom stereocenters. The van der Waals surface area contributed by atoms with Gasteiger partial charge in [0, 0.05) is 18.7 Å². The van der Waals surface area contributed by atoms with Crippen LogP contribution < -0.4 is 5.32 Å². The second kappa shape index (κ2) is 9.06. The molecule has 0 radical (unpaired) electrons. The van der Waals surface area contributed by atoms with Crippen molar-refractivity contribution in [3.8, 4) is 0 Å². The molecule has 0 spiro atoms. The number of hydrogen-bond donors (Lipinski definition) is 1. The summed E-state index contributed by atoms with van der Waals surface area (Å²) in [6, 6.07) is 17.2. The van der Waals surface area contributed by atoms with Crippen LogP contribution in [0, 0.1) is 12.8 Å². The number of amides is 2. The van der Waals surface area contributed by atoms with Crippen LogP contribution in [0.1, 0.15) is 25.8 Å². The number of carbonyl (C=O) groups is 2. The number of amidine groups is 1. The van der Waals surface area contributed by atoms with Crippen molar-refractivity contribution in [3.05, 3.63) is 60.2 Å². The molecule has 1 aliphatic rings. The van der Waals surface area contributed by atoms with E-state index in [0.29, 0.717) is 17.6 Å². The Bertz CT molecular complexity index is 880. The summed E-state index contributed by atoms with van der Waals surface area (Å²) in [5.74, 6) is 0.0973. The Labute approximate surface area is 170 Å². The predicted molar refractivity (Wildman–Crippen MR) is 116 cm³/mol.